The molecule has 1 aliphatic rings. The summed E-state index contributed by atoms with van der Waals surface area (Å²) in [6.07, 6.45) is 1.85. The molecule has 33 heavy (non-hydrogen) atoms. The third kappa shape index (κ3) is 6.67. The number of esters is 2. The molecule has 0 heterocycles. The summed E-state index contributed by atoms with van der Waals surface area (Å²) < 4.78 is 10.8. The van der Waals surface area contributed by atoms with Gasteiger partial charge < -0.3 is 9.47 Å². The molecule has 0 spiro atoms. The third-order valence-corrected chi connectivity index (χ3v) is 6.50. The molecule has 0 N–H and O–H groups in total. The molecule has 5 heteroatoms. The van der Waals surface area contributed by atoms with Crippen LogP contribution in [-0.4, -0.2) is 35.6 Å². The van der Waals surface area contributed by atoms with Crippen LogP contribution < -0.4 is 0 Å². The fraction of sp³-hybridized carbons (Fsp3) is 0.500. The van der Waals surface area contributed by atoms with Crippen LogP contribution in [0.3, 0.4) is 0 Å². The van der Waals surface area contributed by atoms with E-state index >= 15 is 0 Å². The molecular formula is C28H37NO4. The second-order valence-electron chi connectivity index (χ2n) is 9.99. The lowest BCUT2D eigenvalue weighted by Crippen LogP contribution is -2.45. The number of rotatable bonds is 8. The zero-order chi connectivity index (χ0) is 24.0. The van der Waals surface area contributed by atoms with E-state index in [4.69, 9.17) is 9.47 Å². The van der Waals surface area contributed by atoms with Crippen LogP contribution in [0, 0.1) is 11.8 Å². The molecule has 0 amide bonds. The number of carbonyl (C=O) groups excluding carboxylic acids is 2. The van der Waals surface area contributed by atoms with Gasteiger partial charge in [0.25, 0.3) is 0 Å². The number of nitrogens with zero attached hydrogens (tertiary/aromatic N) is 1. The van der Waals surface area contributed by atoms with Crippen LogP contribution in [0.2, 0.25) is 0 Å². The van der Waals surface area contributed by atoms with Crippen molar-refractivity contribution in [3.63, 3.8) is 0 Å². The number of benzene rings is 2. The zero-order valence-electron chi connectivity index (χ0n) is 20.5. The van der Waals surface area contributed by atoms with E-state index in [1.165, 1.54) is 18.2 Å². The van der Waals surface area contributed by atoms with Gasteiger partial charge in [0, 0.05) is 25.0 Å². The van der Waals surface area contributed by atoms with E-state index in [1.54, 1.807) is 0 Å². The molecule has 2 aromatic carbocycles. The Hall–Kier alpha value is -2.66. The molecule has 0 saturated heterocycles. The highest BCUT2D eigenvalue weighted by Crippen LogP contribution is 2.42. The van der Waals surface area contributed by atoms with Crippen molar-refractivity contribution < 1.29 is 19.1 Å². The zero-order valence-corrected chi connectivity index (χ0v) is 20.5. The molecule has 1 unspecified atom stereocenters. The molecule has 178 valence electrons. The Morgan fingerprint density at radius 1 is 1.00 bits per heavy atom. The summed E-state index contributed by atoms with van der Waals surface area (Å²) >= 11 is 0. The molecule has 0 aliphatic heterocycles. The van der Waals surface area contributed by atoms with Crippen LogP contribution in [0.15, 0.2) is 60.7 Å². The summed E-state index contributed by atoms with van der Waals surface area (Å²) in [6.45, 7) is 8.57. The van der Waals surface area contributed by atoms with Crippen molar-refractivity contribution in [2.24, 2.45) is 11.8 Å². The lowest BCUT2D eigenvalue weighted by molar-refractivity contribution is -0.164. The molecule has 5 nitrogen and oxygen atoms in total. The summed E-state index contributed by atoms with van der Waals surface area (Å²) in [7, 11) is 1.40. The van der Waals surface area contributed by atoms with E-state index < -0.39 is 11.5 Å². The highest BCUT2D eigenvalue weighted by molar-refractivity contribution is 5.77. The molecule has 4 atom stereocenters. The van der Waals surface area contributed by atoms with Gasteiger partial charge in [-0.1, -0.05) is 60.7 Å². The van der Waals surface area contributed by atoms with Gasteiger partial charge >= 0.3 is 11.9 Å². The number of ether oxygens (including phenoxy) is 2. The topological polar surface area (TPSA) is 55.8 Å². The largest absolute Gasteiger partial charge is 0.469 e. The highest BCUT2D eigenvalue weighted by atomic mass is 16.6. The Kier molecular flexibility index (Phi) is 8.30. The van der Waals surface area contributed by atoms with Crippen molar-refractivity contribution in [2.75, 3.05) is 7.11 Å². The highest BCUT2D eigenvalue weighted by Gasteiger charge is 2.47. The second-order valence-corrected chi connectivity index (χ2v) is 9.99. The molecule has 1 aliphatic carbocycles. The minimum Gasteiger partial charge on any atom is -0.469 e. The molecule has 0 radical (unpaired) electrons. The van der Waals surface area contributed by atoms with Crippen LogP contribution in [-0.2, 0) is 25.6 Å². The molecule has 1 fully saturated rings. The maximum Gasteiger partial charge on any atom is 0.311 e. The van der Waals surface area contributed by atoms with Crippen molar-refractivity contribution in [1.29, 1.82) is 0 Å². The van der Waals surface area contributed by atoms with Gasteiger partial charge in [0.05, 0.1) is 13.0 Å². The summed E-state index contributed by atoms with van der Waals surface area (Å²) in [6, 6.07) is 20.8. The van der Waals surface area contributed by atoms with Crippen molar-refractivity contribution in [3.05, 3.63) is 71.8 Å². The van der Waals surface area contributed by atoms with Crippen LogP contribution in [0.4, 0.5) is 0 Å². The first-order valence-corrected chi connectivity index (χ1v) is 11.8. The van der Waals surface area contributed by atoms with E-state index in [9.17, 15) is 9.59 Å². The van der Waals surface area contributed by atoms with Gasteiger partial charge in [0.2, 0.25) is 0 Å². The Balaban J connectivity index is 1.97. The van der Waals surface area contributed by atoms with Gasteiger partial charge in [-0.3, -0.25) is 14.5 Å². The predicted octanol–water partition coefficient (Wildman–Crippen LogP) is 5.55. The average Bonchev–Trinajstić information content (AvgIpc) is 3.20. The van der Waals surface area contributed by atoms with Crippen molar-refractivity contribution >= 4 is 11.9 Å². The van der Waals surface area contributed by atoms with Gasteiger partial charge in [0.15, 0.2) is 0 Å². The van der Waals surface area contributed by atoms with E-state index in [-0.39, 0.29) is 36.4 Å². The van der Waals surface area contributed by atoms with E-state index in [0.717, 1.165) is 12.8 Å². The Morgan fingerprint density at radius 3 is 2.18 bits per heavy atom. The normalized spacial score (nSPS) is 21.6. The fourth-order valence-electron chi connectivity index (χ4n) is 4.93. The average molecular weight is 452 g/mol. The van der Waals surface area contributed by atoms with Crippen molar-refractivity contribution in [2.45, 2.75) is 71.2 Å². The molecule has 0 aromatic heterocycles. The summed E-state index contributed by atoms with van der Waals surface area (Å²) in [5.41, 5.74) is 1.81. The standard InChI is InChI=1S/C28H37NO4/c1-20(22-14-10-7-11-15-22)29(19-21-12-8-6-9-13-21)24-17-16-23(18-25(30)32-5)26(24)27(31)33-28(2,3)4/h6-15,20,23-24,26H,16-19H2,1-5H3/t20-,23-,24?,26-/m1/s1. The summed E-state index contributed by atoms with van der Waals surface area (Å²) in [5, 5.41) is 0. The molecular weight excluding hydrogens is 414 g/mol. The number of carbonyl (C=O) groups is 2. The molecule has 2 aromatic rings. The minimum absolute atomic E-state index is 0.0371. The van der Waals surface area contributed by atoms with Crippen molar-refractivity contribution in [1.82, 2.24) is 4.90 Å². The first-order chi connectivity index (χ1) is 15.7. The molecule has 0 bridgehead atoms. The van der Waals surface area contributed by atoms with Gasteiger partial charge in [-0.15, -0.1) is 0 Å². The first-order valence-electron chi connectivity index (χ1n) is 11.8. The van der Waals surface area contributed by atoms with Crippen LogP contribution >= 0.6 is 0 Å². The Labute approximate surface area is 198 Å². The maximum atomic E-state index is 13.5. The van der Waals surface area contributed by atoms with Crippen molar-refractivity contribution in [3.8, 4) is 0 Å². The van der Waals surface area contributed by atoms with E-state index in [2.05, 4.69) is 36.1 Å². The Bertz CT molecular complexity index is 906. The monoisotopic (exact) mass is 451 g/mol. The lowest BCUT2D eigenvalue weighted by atomic mass is 9.88. The fourth-order valence-corrected chi connectivity index (χ4v) is 4.93. The lowest BCUT2D eigenvalue weighted by Gasteiger charge is -2.39. The third-order valence-electron chi connectivity index (χ3n) is 6.50. The second kappa shape index (κ2) is 11.0. The smallest absolute Gasteiger partial charge is 0.311 e. The van der Waals surface area contributed by atoms with Crippen LogP contribution in [0.25, 0.3) is 0 Å². The summed E-state index contributed by atoms with van der Waals surface area (Å²) in [4.78, 5) is 28.0. The Morgan fingerprint density at radius 2 is 1.61 bits per heavy atom. The van der Waals surface area contributed by atoms with Gasteiger partial charge in [-0.25, -0.2) is 0 Å². The van der Waals surface area contributed by atoms with E-state index in [1.807, 2.05) is 57.2 Å². The quantitative estimate of drug-likeness (QED) is 0.493. The SMILES string of the molecule is COC(=O)C[C@H]1CCC(N(Cc2ccccc2)[C@H](C)c2ccccc2)[C@@H]1C(=O)OC(C)(C)C. The minimum atomic E-state index is -0.588. The van der Waals surface area contributed by atoms with Gasteiger partial charge in [-0.05, 0) is 57.6 Å². The molecule has 1 saturated carbocycles. The van der Waals surface area contributed by atoms with Gasteiger partial charge in [0.1, 0.15) is 5.60 Å². The van der Waals surface area contributed by atoms with E-state index in [0.29, 0.717) is 6.54 Å². The number of methoxy groups -OCH3 is 1. The number of hydrogen-bond acceptors (Lipinski definition) is 5. The van der Waals surface area contributed by atoms with Crippen LogP contribution in [0.1, 0.15) is 64.1 Å². The summed E-state index contributed by atoms with van der Waals surface area (Å²) in [5.74, 6) is -0.992. The maximum absolute atomic E-state index is 13.5. The van der Waals surface area contributed by atoms with Crippen LogP contribution in [0.5, 0.6) is 0 Å². The number of hydrogen-bond donors (Lipinski definition) is 0. The van der Waals surface area contributed by atoms with Gasteiger partial charge in [-0.2, -0.15) is 0 Å². The predicted molar refractivity (Wildman–Crippen MR) is 129 cm³/mol. The molecule has 3 rings (SSSR count). The first kappa shape index (κ1) is 25.0.